The molecular formula is C22H38Cl2N4O2. The maximum Gasteiger partial charge on any atom is 0.234 e. The molecule has 1 unspecified atom stereocenters. The molecule has 30 heavy (non-hydrogen) atoms. The van der Waals surface area contributed by atoms with Crippen LogP contribution in [0, 0.1) is 11.8 Å². The van der Waals surface area contributed by atoms with Crippen LogP contribution in [0.3, 0.4) is 0 Å². The normalized spacial score (nSPS) is 24.9. The summed E-state index contributed by atoms with van der Waals surface area (Å²) in [5.41, 5.74) is 7.33. The number of hydrogen-bond acceptors (Lipinski definition) is 5. The second-order valence-corrected chi connectivity index (χ2v) is 8.66. The molecule has 2 aliphatic rings. The zero-order chi connectivity index (χ0) is 19.9. The number of hydrogen-bond donors (Lipinski definition) is 2. The molecule has 3 atom stereocenters. The van der Waals surface area contributed by atoms with E-state index in [1.807, 2.05) is 6.07 Å². The molecule has 0 radical (unpaired) electrons. The number of nitrogens with two attached hydrogens (primary N) is 1. The molecule has 1 amide bonds. The zero-order valence-corrected chi connectivity index (χ0v) is 19.8. The van der Waals surface area contributed by atoms with Gasteiger partial charge in [0.25, 0.3) is 0 Å². The first-order chi connectivity index (χ1) is 13.5. The van der Waals surface area contributed by atoms with Gasteiger partial charge in [-0.2, -0.15) is 0 Å². The summed E-state index contributed by atoms with van der Waals surface area (Å²) in [6.07, 6.45) is 0.0869. The van der Waals surface area contributed by atoms with Gasteiger partial charge in [0.05, 0.1) is 19.3 Å². The molecule has 6 nitrogen and oxygen atoms in total. The molecule has 2 saturated heterocycles. The fourth-order valence-electron chi connectivity index (χ4n) is 4.48. The van der Waals surface area contributed by atoms with Gasteiger partial charge in [-0.25, -0.2) is 0 Å². The summed E-state index contributed by atoms with van der Waals surface area (Å²) in [7, 11) is 0. The van der Waals surface area contributed by atoms with E-state index in [0.29, 0.717) is 37.4 Å². The third-order valence-corrected chi connectivity index (χ3v) is 5.79. The number of morpholine rings is 1. The number of amides is 1. The first kappa shape index (κ1) is 27.1. The summed E-state index contributed by atoms with van der Waals surface area (Å²) in [5, 5.41) is 3.08. The topological polar surface area (TPSA) is 70.8 Å². The monoisotopic (exact) mass is 460 g/mol. The summed E-state index contributed by atoms with van der Waals surface area (Å²) < 4.78 is 5.83. The van der Waals surface area contributed by atoms with E-state index in [2.05, 4.69) is 53.2 Å². The highest BCUT2D eigenvalue weighted by atomic mass is 35.5. The molecule has 8 heteroatoms. The second kappa shape index (κ2) is 13.5. The Labute approximate surface area is 193 Å². The van der Waals surface area contributed by atoms with E-state index in [4.69, 9.17) is 10.5 Å². The van der Waals surface area contributed by atoms with Crippen LogP contribution in [-0.4, -0.2) is 80.8 Å². The van der Waals surface area contributed by atoms with Gasteiger partial charge in [-0.1, -0.05) is 44.2 Å². The van der Waals surface area contributed by atoms with Gasteiger partial charge in [-0.15, -0.1) is 24.8 Å². The van der Waals surface area contributed by atoms with E-state index in [9.17, 15) is 4.79 Å². The van der Waals surface area contributed by atoms with Gasteiger partial charge in [-0.3, -0.25) is 14.6 Å². The van der Waals surface area contributed by atoms with E-state index in [1.54, 1.807) is 0 Å². The van der Waals surface area contributed by atoms with E-state index in [1.165, 1.54) is 5.56 Å². The van der Waals surface area contributed by atoms with Crippen LogP contribution in [0.2, 0.25) is 0 Å². The van der Waals surface area contributed by atoms with Gasteiger partial charge < -0.3 is 15.8 Å². The highest BCUT2D eigenvalue weighted by Gasteiger charge is 2.33. The van der Waals surface area contributed by atoms with Crippen molar-refractivity contribution in [3.05, 3.63) is 35.9 Å². The minimum atomic E-state index is 0. The Balaban J connectivity index is 0.00000225. The summed E-state index contributed by atoms with van der Waals surface area (Å²) in [6, 6.07) is 10.5. The lowest BCUT2D eigenvalue weighted by molar-refractivity contribution is -0.123. The van der Waals surface area contributed by atoms with Gasteiger partial charge in [-0.05, 0) is 23.9 Å². The molecule has 2 aliphatic heterocycles. The van der Waals surface area contributed by atoms with Crippen molar-refractivity contribution < 1.29 is 9.53 Å². The summed E-state index contributed by atoms with van der Waals surface area (Å²) in [4.78, 5) is 17.2. The number of ether oxygens (including phenoxy) is 1. The van der Waals surface area contributed by atoms with Crippen molar-refractivity contribution >= 4 is 30.7 Å². The molecule has 0 bridgehead atoms. The molecular weight excluding hydrogens is 423 g/mol. The predicted octanol–water partition coefficient (Wildman–Crippen LogP) is 1.98. The highest BCUT2D eigenvalue weighted by molar-refractivity contribution is 5.85. The first-order valence-corrected chi connectivity index (χ1v) is 10.6. The van der Waals surface area contributed by atoms with Crippen molar-refractivity contribution in [2.75, 3.05) is 59.0 Å². The van der Waals surface area contributed by atoms with Crippen molar-refractivity contribution in [1.29, 1.82) is 0 Å². The zero-order valence-electron chi connectivity index (χ0n) is 18.2. The minimum absolute atomic E-state index is 0. The van der Waals surface area contributed by atoms with Crippen LogP contribution >= 0.6 is 24.8 Å². The average molecular weight is 461 g/mol. The number of nitrogens with one attached hydrogen (secondary N) is 1. The average Bonchev–Trinajstić information content (AvgIpc) is 3.09. The van der Waals surface area contributed by atoms with E-state index in [0.717, 1.165) is 39.3 Å². The molecule has 2 heterocycles. The Bertz CT molecular complexity index is 620. The van der Waals surface area contributed by atoms with Crippen LogP contribution in [0.15, 0.2) is 30.3 Å². The van der Waals surface area contributed by atoms with Crippen LogP contribution < -0.4 is 11.1 Å². The number of carbonyl (C=O) groups excluding carboxylic acids is 1. The lowest BCUT2D eigenvalue weighted by Gasteiger charge is -2.34. The van der Waals surface area contributed by atoms with Crippen molar-refractivity contribution in [2.24, 2.45) is 17.6 Å². The molecule has 2 fully saturated rings. The molecule has 0 aliphatic carbocycles. The van der Waals surface area contributed by atoms with Gasteiger partial charge in [0.1, 0.15) is 0 Å². The maximum absolute atomic E-state index is 12.5. The molecule has 0 saturated carbocycles. The smallest absolute Gasteiger partial charge is 0.234 e. The Kier molecular flexibility index (Phi) is 12.2. The SMILES string of the molecule is CC(C)CN1CCOC(CNC(=O)CN2C[C@@H](CN)[C@H](c3ccccc3)C2)C1.Cl.Cl. The summed E-state index contributed by atoms with van der Waals surface area (Å²) in [6.45, 7) is 11.6. The summed E-state index contributed by atoms with van der Waals surface area (Å²) >= 11 is 0. The lowest BCUT2D eigenvalue weighted by atomic mass is 9.89. The number of rotatable bonds is 8. The van der Waals surface area contributed by atoms with Gasteiger partial charge in [0.15, 0.2) is 0 Å². The number of halogens is 2. The third kappa shape index (κ3) is 7.98. The Morgan fingerprint density at radius 3 is 2.57 bits per heavy atom. The fraction of sp³-hybridized carbons (Fsp3) is 0.682. The van der Waals surface area contributed by atoms with Crippen LogP contribution in [0.25, 0.3) is 0 Å². The Morgan fingerprint density at radius 1 is 1.17 bits per heavy atom. The molecule has 0 aromatic heterocycles. The van der Waals surface area contributed by atoms with Crippen LogP contribution in [-0.2, 0) is 9.53 Å². The first-order valence-electron chi connectivity index (χ1n) is 10.6. The summed E-state index contributed by atoms with van der Waals surface area (Å²) in [5.74, 6) is 1.54. The van der Waals surface area contributed by atoms with Crippen LogP contribution in [0.4, 0.5) is 0 Å². The number of likely N-dealkylation sites (tertiary alicyclic amines) is 1. The van der Waals surface area contributed by atoms with Crippen LogP contribution in [0.5, 0.6) is 0 Å². The lowest BCUT2D eigenvalue weighted by Crippen LogP contribution is -2.49. The fourth-order valence-corrected chi connectivity index (χ4v) is 4.48. The standard InChI is InChI=1S/C22H36N4O2.2ClH/c1-17(2)12-25-8-9-28-20(14-25)11-24-22(27)16-26-13-19(10-23)21(15-26)18-6-4-3-5-7-18;;/h3-7,17,19-21H,8-16,23H2,1-2H3,(H,24,27);2*1H/t19-,20?,21+;;/m1../s1. The van der Waals surface area contributed by atoms with Gasteiger partial charge >= 0.3 is 0 Å². The quantitative estimate of drug-likeness (QED) is 0.620. The highest BCUT2D eigenvalue weighted by Crippen LogP contribution is 2.31. The number of nitrogens with zero attached hydrogens (tertiary/aromatic N) is 2. The van der Waals surface area contributed by atoms with E-state index in [-0.39, 0.29) is 36.8 Å². The Hall–Kier alpha value is -0.890. The van der Waals surface area contributed by atoms with E-state index < -0.39 is 0 Å². The van der Waals surface area contributed by atoms with Gasteiger partial charge in [0, 0.05) is 45.2 Å². The number of carbonyl (C=O) groups is 1. The molecule has 1 aromatic carbocycles. The maximum atomic E-state index is 12.5. The number of benzene rings is 1. The van der Waals surface area contributed by atoms with Gasteiger partial charge in [0.2, 0.25) is 5.91 Å². The second-order valence-electron chi connectivity index (χ2n) is 8.66. The van der Waals surface area contributed by atoms with Crippen molar-refractivity contribution in [1.82, 2.24) is 15.1 Å². The minimum Gasteiger partial charge on any atom is -0.374 e. The molecule has 1 aromatic rings. The predicted molar refractivity (Wildman–Crippen MR) is 127 cm³/mol. The van der Waals surface area contributed by atoms with Crippen LogP contribution in [0.1, 0.15) is 25.3 Å². The van der Waals surface area contributed by atoms with Crippen molar-refractivity contribution in [2.45, 2.75) is 25.9 Å². The van der Waals surface area contributed by atoms with E-state index >= 15 is 0 Å². The molecule has 0 spiro atoms. The molecule has 3 rings (SSSR count). The van der Waals surface area contributed by atoms with Crippen molar-refractivity contribution in [3.63, 3.8) is 0 Å². The molecule has 172 valence electrons. The Morgan fingerprint density at radius 2 is 1.90 bits per heavy atom. The third-order valence-electron chi connectivity index (χ3n) is 5.79. The molecule has 3 N–H and O–H groups in total. The largest absolute Gasteiger partial charge is 0.374 e. The van der Waals surface area contributed by atoms with Crippen molar-refractivity contribution in [3.8, 4) is 0 Å².